The number of hydrazine groups is 1. The van der Waals surface area contributed by atoms with Crippen molar-refractivity contribution >= 4 is 5.91 Å². The highest BCUT2D eigenvalue weighted by molar-refractivity contribution is 5.82. The van der Waals surface area contributed by atoms with E-state index >= 15 is 0 Å². The minimum atomic E-state index is -0.142. The average Bonchev–Trinajstić information content (AvgIpc) is 2.02. The summed E-state index contributed by atoms with van der Waals surface area (Å²) < 4.78 is 0. The molecule has 0 aromatic rings. The van der Waals surface area contributed by atoms with Gasteiger partial charge in [0.1, 0.15) is 0 Å². The normalized spacial score (nSPS) is 28.1. The molecule has 1 saturated heterocycles. The van der Waals surface area contributed by atoms with Gasteiger partial charge >= 0.3 is 0 Å². The lowest BCUT2D eigenvalue weighted by Crippen LogP contribution is -2.56. The molecule has 1 fully saturated rings. The van der Waals surface area contributed by atoms with Crippen LogP contribution >= 0.6 is 0 Å². The van der Waals surface area contributed by atoms with Crippen molar-refractivity contribution in [2.24, 2.45) is 11.3 Å². The highest BCUT2D eigenvalue weighted by atomic mass is 16.2. The molecule has 1 aliphatic heterocycles. The van der Waals surface area contributed by atoms with Crippen molar-refractivity contribution in [3.05, 3.63) is 0 Å². The molecule has 1 rings (SSSR count). The van der Waals surface area contributed by atoms with Crippen molar-refractivity contribution in [2.75, 3.05) is 6.54 Å². The van der Waals surface area contributed by atoms with E-state index in [1.165, 1.54) is 0 Å². The van der Waals surface area contributed by atoms with Crippen LogP contribution in [0.15, 0.2) is 0 Å². The van der Waals surface area contributed by atoms with Crippen LogP contribution in [0.3, 0.4) is 0 Å². The second kappa shape index (κ2) is 3.41. The molecule has 12 heavy (non-hydrogen) atoms. The number of piperidine rings is 1. The van der Waals surface area contributed by atoms with Crippen LogP contribution in [0.1, 0.15) is 26.7 Å². The second-order valence-electron chi connectivity index (χ2n) is 3.99. The quantitative estimate of drug-likeness (QED) is 0.290. The molecule has 1 amide bonds. The summed E-state index contributed by atoms with van der Waals surface area (Å²) in [6.07, 6.45) is 2.19. The Kier molecular flexibility index (Phi) is 2.69. The minimum absolute atomic E-state index is 0.0156. The van der Waals surface area contributed by atoms with E-state index < -0.39 is 0 Å². The molecule has 4 heteroatoms. The van der Waals surface area contributed by atoms with Crippen molar-refractivity contribution < 1.29 is 4.79 Å². The van der Waals surface area contributed by atoms with Crippen molar-refractivity contribution in [2.45, 2.75) is 32.7 Å². The predicted molar refractivity (Wildman–Crippen MR) is 47.1 cm³/mol. The standard InChI is InChI=1S/C8H17N3O/c1-8(2)4-3-5-10-6(8)7(12)11-9/h6,10H,3-5,9H2,1-2H3,(H,11,12)/t6-/m0/s1. The molecule has 0 aromatic carbocycles. The van der Waals surface area contributed by atoms with Crippen LogP contribution in [-0.2, 0) is 4.79 Å². The molecule has 0 radical (unpaired) electrons. The van der Waals surface area contributed by atoms with Crippen LogP contribution in [0.4, 0.5) is 0 Å². The first kappa shape index (κ1) is 9.48. The van der Waals surface area contributed by atoms with Crippen LogP contribution in [0.2, 0.25) is 0 Å². The molecule has 4 nitrogen and oxygen atoms in total. The number of nitrogens with one attached hydrogen (secondary N) is 2. The third kappa shape index (κ3) is 1.76. The Morgan fingerprint density at radius 1 is 1.67 bits per heavy atom. The molecular weight excluding hydrogens is 154 g/mol. The third-order valence-corrected chi connectivity index (χ3v) is 2.53. The Morgan fingerprint density at radius 3 is 2.83 bits per heavy atom. The van der Waals surface area contributed by atoms with Crippen LogP contribution in [-0.4, -0.2) is 18.5 Å². The number of amides is 1. The van der Waals surface area contributed by atoms with E-state index in [2.05, 4.69) is 24.6 Å². The fraction of sp³-hybridized carbons (Fsp3) is 0.875. The van der Waals surface area contributed by atoms with E-state index in [1.807, 2.05) is 0 Å². The summed E-state index contributed by atoms with van der Waals surface area (Å²) >= 11 is 0. The van der Waals surface area contributed by atoms with Crippen molar-refractivity contribution in [3.8, 4) is 0 Å². The molecule has 0 saturated carbocycles. The Morgan fingerprint density at radius 2 is 2.33 bits per heavy atom. The van der Waals surface area contributed by atoms with Gasteiger partial charge in [-0.25, -0.2) is 5.84 Å². The predicted octanol–water partition coefficient (Wildman–Crippen LogP) is -0.245. The lowest BCUT2D eigenvalue weighted by molar-refractivity contribution is -0.126. The lowest BCUT2D eigenvalue weighted by atomic mass is 9.77. The van der Waals surface area contributed by atoms with Gasteiger partial charge in [-0.1, -0.05) is 13.8 Å². The maximum Gasteiger partial charge on any atom is 0.251 e. The van der Waals surface area contributed by atoms with Crippen molar-refractivity contribution in [3.63, 3.8) is 0 Å². The summed E-state index contributed by atoms with van der Waals surface area (Å²) in [5, 5.41) is 3.17. The zero-order valence-corrected chi connectivity index (χ0v) is 7.68. The number of hydrogen-bond acceptors (Lipinski definition) is 3. The number of carbonyl (C=O) groups is 1. The summed E-state index contributed by atoms with van der Waals surface area (Å²) in [7, 11) is 0. The number of carbonyl (C=O) groups excluding carboxylic acids is 1. The Balaban J connectivity index is 2.66. The van der Waals surface area contributed by atoms with Gasteiger partial charge in [-0.2, -0.15) is 0 Å². The topological polar surface area (TPSA) is 67.2 Å². The Bertz CT molecular complexity index is 179. The van der Waals surface area contributed by atoms with E-state index in [9.17, 15) is 4.79 Å². The fourth-order valence-electron chi connectivity index (χ4n) is 1.74. The highest BCUT2D eigenvalue weighted by Crippen LogP contribution is 2.29. The largest absolute Gasteiger partial charge is 0.305 e. The maximum absolute atomic E-state index is 11.3. The monoisotopic (exact) mass is 171 g/mol. The SMILES string of the molecule is CC1(C)CCCN[C@H]1C(=O)NN. The zero-order chi connectivity index (χ0) is 9.19. The van der Waals surface area contributed by atoms with Crippen molar-refractivity contribution in [1.82, 2.24) is 10.7 Å². The van der Waals surface area contributed by atoms with Gasteiger partial charge in [0.2, 0.25) is 0 Å². The average molecular weight is 171 g/mol. The molecule has 70 valence electrons. The molecule has 0 aliphatic carbocycles. The summed E-state index contributed by atoms with van der Waals surface area (Å²) in [5.41, 5.74) is 2.20. The number of hydrogen-bond donors (Lipinski definition) is 3. The van der Waals surface area contributed by atoms with Gasteiger partial charge in [0.25, 0.3) is 5.91 Å². The van der Waals surface area contributed by atoms with Crippen LogP contribution < -0.4 is 16.6 Å². The van der Waals surface area contributed by atoms with E-state index in [1.54, 1.807) is 0 Å². The second-order valence-corrected chi connectivity index (χ2v) is 3.99. The molecule has 1 atom stereocenters. The third-order valence-electron chi connectivity index (χ3n) is 2.53. The fourth-order valence-corrected chi connectivity index (χ4v) is 1.74. The minimum Gasteiger partial charge on any atom is -0.305 e. The van der Waals surface area contributed by atoms with Gasteiger partial charge in [-0.05, 0) is 24.8 Å². The summed E-state index contributed by atoms with van der Waals surface area (Å²) in [6.45, 7) is 5.07. The highest BCUT2D eigenvalue weighted by Gasteiger charge is 2.36. The molecule has 0 spiro atoms. The molecular formula is C8H17N3O. The Labute approximate surface area is 72.9 Å². The van der Waals surface area contributed by atoms with Crippen molar-refractivity contribution in [1.29, 1.82) is 0 Å². The van der Waals surface area contributed by atoms with Gasteiger partial charge in [0.05, 0.1) is 6.04 Å². The molecule has 0 aromatic heterocycles. The molecule has 4 N–H and O–H groups in total. The van der Waals surface area contributed by atoms with E-state index in [-0.39, 0.29) is 17.4 Å². The summed E-state index contributed by atoms with van der Waals surface area (Å²) in [4.78, 5) is 11.3. The lowest BCUT2D eigenvalue weighted by Gasteiger charge is -2.37. The van der Waals surface area contributed by atoms with Gasteiger partial charge in [-0.3, -0.25) is 10.2 Å². The van der Waals surface area contributed by atoms with Gasteiger partial charge in [0.15, 0.2) is 0 Å². The van der Waals surface area contributed by atoms with Crippen LogP contribution in [0, 0.1) is 5.41 Å². The maximum atomic E-state index is 11.3. The van der Waals surface area contributed by atoms with Crippen LogP contribution in [0.25, 0.3) is 0 Å². The number of nitrogens with two attached hydrogens (primary N) is 1. The summed E-state index contributed by atoms with van der Waals surface area (Å²) in [5.74, 6) is 4.97. The molecule has 1 aliphatic rings. The van der Waals surface area contributed by atoms with Gasteiger partial charge in [-0.15, -0.1) is 0 Å². The van der Waals surface area contributed by atoms with Gasteiger partial charge < -0.3 is 5.32 Å². The smallest absolute Gasteiger partial charge is 0.251 e. The first-order valence-corrected chi connectivity index (χ1v) is 4.32. The zero-order valence-electron chi connectivity index (χ0n) is 7.68. The molecule has 1 heterocycles. The summed E-state index contributed by atoms with van der Waals surface area (Å²) in [6, 6.07) is -0.142. The van der Waals surface area contributed by atoms with E-state index in [0.29, 0.717) is 0 Å². The van der Waals surface area contributed by atoms with Crippen LogP contribution in [0.5, 0.6) is 0 Å². The molecule has 0 unspecified atom stereocenters. The first-order valence-electron chi connectivity index (χ1n) is 4.32. The van der Waals surface area contributed by atoms with E-state index in [0.717, 1.165) is 19.4 Å². The first-order chi connectivity index (χ1) is 5.58. The molecule has 0 bridgehead atoms. The Hall–Kier alpha value is -0.610. The van der Waals surface area contributed by atoms with Gasteiger partial charge in [0, 0.05) is 0 Å². The van der Waals surface area contributed by atoms with E-state index in [4.69, 9.17) is 5.84 Å². The number of rotatable bonds is 1.